The Bertz CT molecular complexity index is 559. The molecule has 0 saturated heterocycles. The Kier molecular flexibility index (Phi) is 3.64. The first-order chi connectivity index (χ1) is 9.34. The van der Waals surface area contributed by atoms with E-state index in [0.717, 1.165) is 24.3 Å². The number of carbonyl (C=O) groups is 1. The predicted octanol–water partition coefficient (Wildman–Crippen LogP) is 2.25. The Balaban J connectivity index is 1.55. The Morgan fingerprint density at radius 3 is 3.16 bits per heavy atom. The number of aryl methyl sites for hydroxylation is 1. The molecule has 1 aliphatic carbocycles. The third kappa shape index (κ3) is 2.71. The van der Waals surface area contributed by atoms with Gasteiger partial charge >= 0.3 is 0 Å². The van der Waals surface area contributed by atoms with Crippen molar-refractivity contribution in [3.63, 3.8) is 0 Å². The Hall–Kier alpha value is -1.62. The molecule has 2 aromatic heterocycles. The van der Waals surface area contributed by atoms with Gasteiger partial charge in [0.05, 0.1) is 17.6 Å². The van der Waals surface area contributed by atoms with Crippen LogP contribution in [0.15, 0.2) is 23.7 Å². The van der Waals surface area contributed by atoms with Gasteiger partial charge in [-0.25, -0.2) is 0 Å². The molecule has 1 N–H and O–H groups in total. The van der Waals surface area contributed by atoms with Crippen molar-refractivity contribution in [3.8, 4) is 0 Å². The summed E-state index contributed by atoms with van der Waals surface area (Å²) in [6.45, 7) is 1.39. The highest BCUT2D eigenvalue weighted by Gasteiger charge is 2.14. The number of nitrogens with one attached hydrogen (secondary N) is 1. The van der Waals surface area contributed by atoms with Crippen molar-refractivity contribution in [2.75, 3.05) is 6.54 Å². The van der Waals surface area contributed by atoms with Crippen molar-refractivity contribution < 1.29 is 4.79 Å². The van der Waals surface area contributed by atoms with Crippen LogP contribution in [0, 0.1) is 0 Å². The van der Waals surface area contributed by atoms with E-state index in [9.17, 15) is 4.79 Å². The number of aromatic nitrogens is 2. The van der Waals surface area contributed by atoms with Gasteiger partial charge in [-0.15, -0.1) is 11.3 Å². The number of rotatable bonds is 4. The van der Waals surface area contributed by atoms with Gasteiger partial charge in [0.15, 0.2) is 0 Å². The first-order valence-electron chi connectivity index (χ1n) is 6.70. The zero-order valence-corrected chi connectivity index (χ0v) is 11.6. The molecule has 100 valence electrons. The van der Waals surface area contributed by atoms with Gasteiger partial charge in [0, 0.05) is 12.2 Å². The van der Waals surface area contributed by atoms with Crippen LogP contribution >= 0.6 is 11.3 Å². The highest BCUT2D eigenvalue weighted by atomic mass is 32.1. The lowest BCUT2D eigenvalue weighted by Crippen LogP contribution is -2.27. The third-order valence-corrected chi connectivity index (χ3v) is 4.37. The van der Waals surface area contributed by atoms with Crippen molar-refractivity contribution in [3.05, 3.63) is 39.8 Å². The highest BCUT2D eigenvalue weighted by molar-refractivity contribution is 7.12. The summed E-state index contributed by atoms with van der Waals surface area (Å²) in [5, 5.41) is 9.28. The molecule has 5 heteroatoms. The zero-order valence-electron chi connectivity index (χ0n) is 10.8. The quantitative estimate of drug-likeness (QED) is 0.930. The average molecular weight is 275 g/mol. The molecule has 0 aliphatic heterocycles. The lowest BCUT2D eigenvalue weighted by atomic mass is 9.98. The Morgan fingerprint density at radius 1 is 1.42 bits per heavy atom. The maximum Gasteiger partial charge on any atom is 0.261 e. The molecule has 0 aromatic carbocycles. The van der Waals surface area contributed by atoms with Crippen molar-refractivity contribution in [2.45, 2.75) is 32.2 Å². The van der Waals surface area contributed by atoms with E-state index in [4.69, 9.17) is 0 Å². The molecular weight excluding hydrogens is 258 g/mol. The van der Waals surface area contributed by atoms with Crippen LogP contribution in [0.2, 0.25) is 0 Å². The summed E-state index contributed by atoms with van der Waals surface area (Å²) >= 11 is 1.47. The molecular formula is C14H17N3OS. The van der Waals surface area contributed by atoms with Crippen molar-refractivity contribution in [1.29, 1.82) is 0 Å². The monoisotopic (exact) mass is 275 g/mol. The molecule has 0 fully saturated rings. The fraction of sp³-hybridized carbons (Fsp3) is 0.429. The molecule has 4 nitrogen and oxygen atoms in total. The van der Waals surface area contributed by atoms with E-state index in [-0.39, 0.29) is 5.91 Å². The van der Waals surface area contributed by atoms with Gasteiger partial charge in [-0.1, -0.05) is 6.07 Å². The summed E-state index contributed by atoms with van der Waals surface area (Å²) in [5.74, 6) is 0.0102. The first-order valence-corrected chi connectivity index (χ1v) is 7.58. The second-order valence-corrected chi connectivity index (χ2v) is 5.73. The van der Waals surface area contributed by atoms with Gasteiger partial charge in [-0.3, -0.25) is 9.48 Å². The van der Waals surface area contributed by atoms with Crippen LogP contribution < -0.4 is 5.32 Å². The number of carbonyl (C=O) groups excluding carboxylic acids is 1. The normalized spacial score (nSPS) is 14.1. The van der Waals surface area contributed by atoms with Crippen LogP contribution in [0.1, 0.15) is 33.8 Å². The van der Waals surface area contributed by atoms with Gasteiger partial charge in [-0.2, -0.15) is 5.10 Å². The molecule has 0 bridgehead atoms. The summed E-state index contributed by atoms with van der Waals surface area (Å²) in [7, 11) is 0. The van der Waals surface area contributed by atoms with E-state index < -0.39 is 0 Å². The van der Waals surface area contributed by atoms with Gasteiger partial charge in [-0.05, 0) is 42.7 Å². The van der Waals surface area contributed by atoms with Crippen LogP contribution in [0.25, 0.3) is 0 Å². The highest BCUT2D eigenvalue weighted by Crippen LogP contribution is 2.20. The SMILES string of the molecule is O=C(NCCn1ncc2c1CCCC2)c1cccs1. The van der Waals surface area contributed by atoms with E-state index >= 15 is 0 Å². The van der Waals surface area contributed by atoms with Crippen molar-refractivity contribution in [2.24, 2.45) is 0 Å². The lowest BCUT2D eigenvalue weighted by molar-refractivity contribution is 0.0956. The summed E-state index contributed by atoms with van der Waals surface area (Å²) in [6.07, 6.45) is 6.77. The number of nitrogens with zero attached hydrogens (tertiary/aromatic N) is 2. The Labute approximate surface area is 116 Å². The number of hydrogen-bond acceptors (Lipinski definition) is 3. The van der Waals surface area contributed by atoms with Crippen molar-refractivity contribution >= 4 is 17.2 Å². The fourth-order valence-corrected chi connectivity index (χ4v) is 3.16. The number of thiophene rings is 1. The smallest absolute Gasteiger partial charge is 0.261 e. The Morgan fingerprint density at radius 2 is 2.32 bits per heavy atom. The maximum atomic E-state index is 11.8. The molecule has 2 aromatic rings. The van der Waals surface area contributed by atoms with E-state index in [1.807, 2.05) is 28.4 Å². The number of amides is 1. The van der Waals surface area contributed by atoms with Crippen LogP contribution in [0.4, 0.5) is 0 Å². The molecule has 19 heavy (non-hydrogen) atoms. The first kappa shape index (κ1) is 12.4. The van der Waals surface area contributed by atoms with E-state index in [0.29, 0.717) is 6.54 Å². The summed E-state index contributed by atoms with van der Waals surface area (Å²) in [4.78, 5) is 12.6. The molecule has 2 heterocycles. The largest absolute Gasteiger partial charge is 0.349 e. The van der Waals surface area contributed by atoms with Crippen LogP contribution in [-0.4, -0.2) is 22.2 Å². The molecule has 0 atom stereocenters. The van der Waals surface area contributed by atoms with E-state index in [1.54, 1.807) is 0 Å². The molecule has 0 saturated carbocycles. The van der Waals surface area contributed by atoms with Gasteiger partial charge in [0.25, 0.3) is 5.91 Å². The van der Waals surface area contributed by atoms with Crippen LogP contribution in [0.3, 0.4) is 0 Å². The standard InChI is InChI=1S/C14H17N3OS/c18-14(13-6-3-9-19-13)15-7-8-17-12-5-2-1-4-11(12)10-16-17/h3,6,9-10H,1-2,4-5,7-8H2,(H,15,18). The number of fused-ring (bicyclic) bond motifs is 1. The minimum atomic E-state index is 0.0102. The summed E-state index contributed by atoms with van der Waals surface area (Å²) < 4.78 is 2.04. The second-order valence-electron chi connectivity index (χ2n) is 4.78. The predicted molar refractivity (Wildman–Crippen MR) is 75.5 cm³/mol. The molecule has 0 radical (unpaired) electrons. The summed E-state index contributed by atoms with van der Waals surface area (Å²) in [6, 6.07) is 3.74. The molecule has 1 aliphatic rings. The van der Waals surface area contributed by atoms with Crippen LogP contribution in [-0.2, 0) is 19.4 Å². The molecule has 0 unspecified atom stereocenters. The molecule has 1 amide bonds. The lowest BCUT2D eigenvalue weighted by Gasteiger charge is -2.14. The minimum absolute atomic E-state index is 0.0102. The molecule has 3 rings (SSSR count). The fourth-order valence-electron chi connectivity index (χ4n) is 2.52. The van der Waals surface area contributed by atoms with E-state index in [1.165, 1.54) is 35.4 Å². The zero-order chi connectivity index (χ0) is 13.1. The second kappa shape index (κ2) is 5.57. The van der Waals surface area contributed by atoms with E-state index in [2.05, 4.69) is 10.4 Å². The van der Waals surface area contributed by atoms with Crippen LogP contribution in [0.5, 0.6) is 0 Å². The minimum Gasteiger partial charge on any atom is -0.349 e. The number of hydrogen-bond donors (Lipinski definition) is 1. The third-order valence-electron chi connectivity index (χ3n) is 3.50. The average Bonchev–Trinajstić information content (AvgIpc) is 3.08. The topological polar surface area (TPSA) is 46.9 Å². The van der Waals surface area contributed by atoms with Gasteiger partial charge in [0.2, 0.25) is 0 Å². The van der Waals surface area contributed by atoms with Gasteiger partial charge in [0.1, 0.15) is 0 Å². The summed E-state index contributed by atoms with van der Waals surface area (Å²) in [5.41, 5.74) is 2.74. The molecule has 0 spiro atoms. The maximum absolute atomic E-state index is 11.8. The van der Waals surface area contributed by atoms with Gasteiger partial charge < -0.3 is 5.32 Å². The van der Waals surface area contributed by atoms with Crippen molar-refractivity contribution in [1.82, 2.24) is 15.1 Å².